The van der Waals surface area contributed by atoms with Crippen molar-refractivity contribution in [2.75, 3.05) is 13.6 Å². The fourth-order valence-electron chi connectivity index (χ4n) is 0.916. The predicted molar refractivity (Wildman–Crippen MR) is 50.8 cm³/mol. The van der Waals surface area contributed by atoms with Crippen LogP contribution in [-0.2, 0) is 4.79 Å². The van der Waals surface area contributed by atoms with Gasteiger partial charge < -0.3 is 5.32 Å². The number of carbonyl (C=O) groups excluding carboxylic acids is 2. The number of hydrogen-bond donors (Lipinski definition) is 2. The molecule has 0 spiro atoms. The van der Waals surface area contributed by atoms with Crippen molar-refractivity contribution in [2.24, 2.45) is 10.9 Å². The van der Waals surface area contributed by atoms with Gasteiger partial charge in [-0.05, 0) is 20.2 Å². The number of nitrogens with one attached hydrogen (secondary N) is 2. The van der Waals surface area contributed by atoms with Crippen LogP contribution in [0.15, 0.2) is 4.99 Å². The van der Waals surface area contributed by atoms with E-state index in [0.717, 1.165) is 0 Å². The molecule has 0 bridgehead atoms. The van der Waals surface area contributed by atoms with Crippen LogP contribution < -0.4 is 10.6 Å². The van der Waals surface area contributed by atoms with Gasteiger partial charge in [0.1, 0.15) is 0 Å². The average molecular weight is 185 g/mol. The van der Waals surface area contributed by atoms with E-state index in [0.29, 0.717) is 13.0 Å². The molecule has 0 aliphatic heterocycles. The highest BCUT2D eigenvalue weighted by Crippen LogP contribution is 2.00. The van der Waals surface area contributed by atoms with E-state index in [9.17, 15) is 9.59 Å². The number of nitrogens with zero attached hydrogens (tertiary/aromatic N) is 1. The Morgan fingerprint density at radius 2 is 2.15 bits per heavy atom. The number of imide groups is 1. The van der Waals surface area contributed by atoms with Crippen molar-refractivity contribution >= 4 is 18.7 Å². The summed E-state index contributed by atoms with van der Waals surface area (Å²) in [5.41, 5.74) is 0. The van der Waals surface area contributed by atoms with Crippen molar-refractivity contribution in [3.8, 4) is 0 Å². The average Bonchev–Trinajstić information content (AvgIpc) is 2.13. The second-order valence-electron chi connectivity index (χ2n) is 2.62. The number of hydrogen-bond acceptors (Lipinski definition) is 3. The Balaban J connectivity index is 4.05. The van der Waals surface area contributed by atoms with Crippen LogP contribution in [-0.4, -0.2) is 32.2 Å². The normalized spacial score (nSPS) is 11.8. The molecule has 74 valence electrons. The minimum absolute atomic E-state index is 0.198. The number of rotatable bonds is 4. The first kappa shape index (κ1) is 11.8. The maximum atomic E-state index is 11.3. The Morgan fingerprint density at radius 3 is 2.54 bits per heavy atom. The molecule has 0 aromatic carbocycles. The summed E-state index contributed by atoms with van der Waals surface area (Å²) in [5, 5.41) is 4.99. The third-order valence-electron chi connectivity index (χ3n) is 1.69. The molecule has 3 amide bonds. The largest absolute Gasteiger partial charge is 0.346 e. The zero-order valence-electron chi connectivity index (χ0n) is 7.96. The SMILES string of the molecule is C=NC(=O)NC(=O)[C@@H](CC)CNC. The quantitative estimate of drug-likeness (QED) is 0.613. The van der Waals surface area contributed by atoms with E-state index >= 15 is 0 Å². The monoisotopic (exact) mass is 185 g/mol. The van der Waals surface area contributed by atoms with Crippen LogP contribution in [0, 0.1) is 5.92 Å². The standard InChI is InChI=1S/C8H15N3O2/c1-4-6(5-9-2)7(12)11-8(13)10-3/h6,9H,3-5H2,1-2H3,(H,11,12,13)/t6-/m0/s1. The molecule has 1 atom stereocenters. The van der Waals surface area contributed by atoms with Gasteiger partial charge in [0.05, 0.1) is 5.92 Å². The summed E-state index contributed by atoms with van der Waals surface area (Å²) in [7, 11) is 1.75. The third-order valence-corrected chi connectivity index (χ3v) is 1.69. The number of aliphatic imine (C=N–C) groups is 1. The molecular weight excluding hydrogens is 170 g/mol. The Morgan fingerprint density at radius 1 is 1.54 bits per heavy atom. The summed E-state index contributed by atoms with van der Waals surface area (Å²) in [6.07, 6.45) is 0.678. The molecule has 5 heteroatoms. The van der Waals surface area contributed by atoms with Gasteiger partial charge in [0, 0.05) is 6.54 Å². The van der Waals surface area contributed by atoms with Crippen LogP contribution in [0.25, 0.3) is 0 Å². The highest BCUT2D eigenvalue weighted by molar-refractivity contribution is 5.97. The molecule has 0 saturated heterocycles. The molecule has 0 heterocycles. The Labute approximate surface area is 77.6 Å². The van der Waals surface area contributed by atoms with Crippen molar-refractivity contribution in [2.45, 2.75) is 13.3 Å². The first-order valence-corrected chi connectivity index (χ1v) is 4.11. The summed E-state index contributed by atoms with van der Waals surface area (Å²) in [5.74, 6) is -0.509. The van der Waals surface area contributed by atoms with Gasteiger partial charge in [-0.2, -0.15) is 0 Å². The van der Waals surface area contributed by atoms with Gasteiger partial charge in [0.2, 0.25) is 5.91 Å². The van der Waals surface area contributed by atoms with Crippen LogP contribution in [0.2, 0.25) is 0 Å². The highest BCUT2D eigenvalue weighted by atomic mass is 16.2. The smallest absolute Gasteiger partial charge is 0.319 e. The zero-order chi connectivity index (χ0) is 10.3. The van der Waals surface area contributed by atoms with Crippen LogP contribution in [0.4, 0.5) is 4.79 Å². The fraction of sp³-hybridized carbons (Fsp3) is 0.625. The van der Waals surface area contributed by atoms with E-state index < -0.39 is 6.03 Å². The third kappa shape index (κ3) is 4.37. The summed E-state index contributed by atoms with van der Waals surface area (Å²) >= 11 is 0. The van der Waals surface area contributed by atoms with E-state index in [-0.39, 0.29) is 11.8 Å². The maximum absolute atomic E-state index is 11.3. The second kappa shape index (κ2) is 6.30. The molecule has 0 aromatic rings. The molecule has 0 aromatic heterocycles. The van der Waals surface area contributed by atoms with Crippen LogP contribution in [0.5, 0.6) is 0 Å². The minimum atomic E-state index is -0.695. The number of urea groups is 1. The van der Waals surface area contributed by atoms with Crippen molar-refractivity contribution < 1.29 is 9.59 Å². The van der Waals surface area contributed by atoms with Gasteiger partial charge in [-0.25, -0.2) is 9.79 Å². The lowest BCUT2D eigenvalue weighted by atomic mass is 10.1. The van der Waals surface area contributed by atoms with E-state index in [1.165, 1.54) is 0 Å². The van der Waals surface area contributed by atoms with Crippen molar-refractivity contribution in [1.29, 1.82) is 0 Å². The van der Waals surface area contributed by atoms with Crippen LogP contribution in [0.1, 0.15) is 13.3 Å². The minimum Gasteiger partial charge on any atom is -0.319 e. The number of amides is 3. The molecule has 5 nitrogen and oxygen atoms in total. The molecular formula is C8H15N3O2. The lowest BCUT2D eigenvalue weighted by Gasteiger charge is -2.11. The predicted octanol–water partition coefficient (Wildman–Crippen LogP) is 0.169. The highest BCUT2D eigenvalue weighted by Gasteiger charge is 2.16. The lowest BCUT2D eigenvalue weighted by Crippen LogP contribution is -2.37. The number of carbonyl (C=O) groups is 2. The summed E-state index contributed by atoms with van der Waals surface area (Å²) < 4.78 is 0. The zero-order valence-corrected chi connectivity index (χ0v) is 7.96. The summed E-state index contributed by atoms with van der Waals surface area (Å²) in [6.45, 7) is 5.45. The Bertz CT molecular complexity index is 204. The Kier molecular flexibility index (Phi) is 5.71. The van der Waals surface area contributed by atoms with Crippen molar-refractivity contribution in [3.63, 3.8) is 0 Å². The van der Waals surface area contributed by atoms with Crippen molar-refractivity contribution in [3.05, 3.63) is 0 Å². The van der Waals surface area contributed by atoms with E-state index in [1.807, 2.05) is 6.92 Å². The van der Waals surface area contributed by atoms with Crippen LogP contribution >= 0.6 is 0 Å². The lowest BCUT2D eigenvalue weighted by molar-refractivity contribution is -0.123. The van der Waals surface area contributed by atoms with Crippen LogP contribution in [0.3, 0.4) is 0 Å². The van der Waals surface area contributed by atoms with Gasteiger partial charge in [-0.3, -0.25) is 10.1 Å². The summed E-state index contributed by atoms with van der Waals surface area (Å²) in [6, 6.07) is -0.695. The van der Waals surface area contributed by atoms with E-state index in [1.54, 1.807) is 7.05 Å². The molecule has 0 fully saturated rings. The molecule has 0 aliphatic carbocycles. The van der Waals surface area contributed by atoms with Gasteiger partial charge in [-0.15, -0.1) is 0 Å². The van der Waals surface area contributed by atoms with E-state index in [4.69, 9.17) is 0 Å². The Hall–Kier alpha value is -1.23. The molecule has 0 rings (SSSR count). The molecule has 2 N–H and O–H groups in total. The van der Waals surface area contributed by atoms with Gasteiger partial charge >= 0.3 is 6.03 Å². The first-order chi connectivity index (χ1) is 6.15. The fourth-order valence-corrected chi connectivity index (χ4v) is 0.916. The van der Waals surface area contributed by atoms with Crippen molar-refractivity contribution in [1.82, 2.24) is 10.6 Å². The van der Waals surface area contributed by atoms with Gasteiger partial charge in [-0.1, -0.05) is 6.92 Å². The van der Waals surface area contributed by atoms with E-state index in [2.05, 4.69) is 22.3 Å². The molecule has 0 aliphatic rings. The maximum Gasteiger partial charge on any atom is 0.346 e. The van der Waals surface area contributed by atoms with Gasteiger partial charge in [0.25, 0.3) is 0 Å². The molecule has 0 unspecified atom stereocenters. The molecule has 0 saturated carbocycles. The van der Waals surface area contributed by atoms with Gasteiger partial charge in [0.15, 0.2) is 0 Å². The topological polar surface area (TPSA) is 70.6 Å². The second-order valence-corrected chi connectivity index (χ2v) is 2.62. The first-order valence-electron chi connectivity index (χ1n) is 4.11. The summed E-state index contributed by atoms with van der Waals surface area (Å²) in [4.78, 5) is 25.0. The molecule has 13 heavy (non-hydrogen) atoms. The molecule has 0 radical (unpaired) electrons.